The molecule has 0 aliphatic carbocycles. The quantitative estimate of drug-likeness (QED) is 0.160. The third kappa shape index (κ3) is 8.23. The highest BCUT2D eigenvalue weighted by molar-refractivity contribution is 5.94. The zero-order valence-corrected chi connectivity index (χ0v) is 17.8. The molecule has 6 atom stereocenters. The van der Waals surface area contributed by atoms with Crippen LogP contribution in [0.3, 0.4) is 0 Å². The van der Waals surface area contributed by atoms with E-state index in [0.717, 1.165) is 0 Å². The van der Waals surface area contributed by atoms with Gasteiger partial charge in [0.15, 0.2) is 0 Å². The molecule has 1 aromatic rings. The Kier molecular flexibility index (Phi) is 10.7. The minimum atomic E-state index is -1.55. The Balaban J connectivity index is 2.84. The van der Waals surface area contributed by atoms with E-state index in [0.29, 0.717) is 5.56 Å². The molecule has 12 nitrogen and oxygen atoms in total. The second-order valence-electron chi connectivity index (χ2n) is 7.33. The first-order valence-electron chi connectivity index (χ1n) is 9.88. The van der Waals surface area contributed by atoms with Crippen LogP contribution < -0.4 is 21.7 Å². The SMILES string of the molecule is CC(O)C(N)C(=O)NC(C(=O)NC(CO)C(=O)NC(Cc1ccccc1)C(=O)O)C(C)O. The largest absolute Gasteiger partial charge is 0.480 e. The minimum Gasteiger partial charge on any atom is -0.480 e. The monoisotopic (exact) mass is 454 g/mol. The van der Waals surface area contributed by atoms with Gasteiger partial charge >= 0.3 is 5.97 Å². The smallest absolute Gasteiger partial charge is 0.326 e. The standard InChI is InChI=1S/C20H30N4O8/c1-10(26)15(21)18(29)24-16(11(2)27)19(30)23-14(9-25)17(28)22-13(20(31)32)8-12-6-4-3-5-7-12/h3-7,10-11,13-16,25-27H,8-9,21H2,1-2H3,(H,22,28)(H,23,30)(H,24,29)(H,31,32). The van der Waals surface area contributed by atoms with Gasteiger partial charge in [0.05, 0.1) is 18.8 Å². The summed E-state index contributed by atoms with van der Waals surface area (Å²) < 4.78 is 0. The van der Waals surface area contributed by atoms with Gasteiger partial charge in [-0.05, 0) is 19.4 Å². The van der Waals surface area contributed by atoms with Crippen molar-refractivity contribution in [1.29, 1.82) is 0 Å². The molecule has 0 aliphatic heterocycles. The van der Waals surface area contributed by atoms with Crippen molar-refractivity contribution in [2.75, 3.05) is 6.61 Å². The lowest BCUT2D eigenvalue weighted by atomic mass is 10.1. The van der Waals surface area contributed by atoms with Gasteiger partial charge in [-0.15, -0.1) is 0 Å². The lowest BCUT2D eigenvalue weighted by Crippen LogP contribution is -2.61. The van der Waals surface area contributed by atoms with Crippen molar-refractivity contribution in [2.45, 2.75) is 56.6 Å². The molecular formula is C20H30N4O8. The van der Waals surface area contributed by atoms with E-state index < -0.39 is 66.7 Å². The first-order valence-corrected chi connectivity index (χ1v) is 9.88. The van der Waals surface area contributed by atoms with Crippen molar-refractivity contribution in [3.63, 3.8) is 0 Å². The lowest BCUT2D eigenvalue weighted by molar-refractivity contribution is -0.142. The van der Waals surface area contributed by atoms with Gasteiger partial charge < -0.3 is 42.1 Å². The van der Waals surface area contributed by atoms with Crippen molar-refractivity contribution in [1.82, 2.24) is 16.0 Å². The third-order valence-corrected chi connectivity index (χ3v) is 4.60. The van der Waals surface area contributed by atoms with Gasteiger partial charge in [0, 0.05) is 6.42 Å². The average Bonchev–Trinajstić information content (AvgIpc) is 2.74. The van der Waals surface area contributed by atoms with Gasteiger partial charge in [0.1, 0.15) is 24.2 Å². The van der Waals surface area contributed by atoms with Gasteiger partial charge in [-0.1, -0.05) is 30.3 Å². The number of carboxylic acid groups (broad SMARTS) is 1. The number of carboxylic acids is 1. The Hall–Kier alpha value is -3.06. The highest BCUT2D eigenvalue weighted by Crippen LogP contribution is 2.04. The highest BCUT2D eigenvalue weighted by atomic mass is 16.4. The molecule has 9 N–H and O–H groups in total. The summed E-state index contributed by atoms with van der Waals surface area (Å²) in [6.45, 7) is 1.60. The van der Waals surface area contributed by atoms with Crippen molar-refractivity contribution in [3.05, 3.63) is 35.9 Å². The predicted octanol–water partition coefficient (Wildman–Crippen LogP) is -3.15. The number of rotatable bonds is 12. The van der Waals surface area contributed by atoms with Crippen molar-refractivity contribution >= 4 is 23.7 Å². The summed E-state index contributed by atoms with van der Waals surface area (Å²) in [4.78, 5) is 48.5. The first-order chi connectivity index (χ1) is 15.0. The van der Waals surface area contributed by atoms with Crippen LogP contribution in [0.5, 0.6) is 0 Å². The van der Waals surface area contributed by atoms with E-state index >= 15 is 0 Å². The number of aliphatic carboxylic acids is 1. The maximum absolute atomic E-state index is 12.5. The molecule has 12 heteroatoms. The Morgan fingerprint density at radius 1 is 0.875 bits per heavy atom. The first kappa shape index (κ1) is 27.0. The summed E-state index contributed by atoms with van der Waals surface area (Å²) in [7, 11) is 0. The number of carbonyl (C=O) groups excluding carboxylic acids is 3. The lowest BCUT2D eigenvalue weighted by Gasteiger charge is -2.26. The van der Waals surface area contributed by atoms with Crippen LogP contribution in [0.4, 0.5) is 0 Å². The fourth-order valence-electron chi connectivity index (χ4n) is 2.65. The molecule has 1 aromatic carbocycles. The van der Waals surface area contributed by atoms with Gasteiger partial charge in [-0.2, -0.15) is 0 Å². The molecule has 0 radical (unpaired) electrons. The van der Waals surface area contributed by atoms with E-state index in [-0.39, 0.29) is 6.42 Å². The maximum atomic E-state index is 12.5. The summed E-state index contributed by atoms with van der Waals surface area (Å²) >= 11 is 0. The maximum Gasteiger partial charge on any atom is 0.326 e. The van der Waals surface area contributed by atoms with E-state index in [1.165, 1.54) is 13.8 Å². The van der Waals surface area contributed by atoms with Gasteiger partial charge in [-0.3, -0.25) is 14.4 Å². The van der Waals surface area contributed by atoms with E-state index in [1.807, 2.05) is 0 Å². The molecule has 1 rings (SSSR count). The second-order valence-corrected chi connectivity index (χ2v) is 7.33. The van der Waals surface area contributed by atoms with Crippen LogP contribution >= 0.6 is 0 Å². The Morgan fingerprint density at radius 3 is 1.91 bits per heavy atom. The van der Waals surface area contributed by atoms with E-state index in [4.69, 9.17) is 5.73 Å². The molecule has 178 valence electrons. The molecule has 0 saturated heterocycles. The van der Waals surface area contributed by atoms with Crippen LogP contribution in [-0.2, 0) is 25.6 Å². The minimum absolute atomic E-state index is 0.0302. The molecular weight excluding hydrogens is 424 g/mol. The normalized spacial score (nSPS) is 16.6. The molecule has 0 saturated carbocycles. The van der Waals surface area contributed by atoms with E-state index in [9.17, 15) is 39.6 Å². The van der Waals surface area contributed by atoms with E-state index in [1.54, 1.807) is 30.3 Å². The summed E-state index contributed by atoms with van der Waals surface area (Å²) in [6, 6.07) is 2.74. The molecule has 3 amide bonds. The van der Waals surface area contributed by atoms with Crippen LogP contribution in [0.25, 0.3) is 0 Å². The van der Waals surface area contributed by atoms with Gasteiger partial charge in [0.2, 0.25) is 17.7 Å². The second kappa shape index (κ2) is 12.7. The number of hydrogen-bond donors (Lipinski definition) is 8. The van der Waals surface area contributed by atoms with Crippen LogP contribution in [0, 0.1) is 0 Å². The Bertz CT molecular complexity index is 787. The van der Waals surface area contributed by atoms with Crippen LogP contribution in [0.1, 0.15) is 19.4 Å². The van der Waals surface area contributed by atoms with E-state index in [2.05, 4.69) is 16.0 Å². The van der Waals surface area contributed by atoms with Crippen LogP contribution in [0.2, 0.25) is 0 Å². The van der Waals surface area contributed by atoms with Crippen molar-refractivity contribution in [3.8, 4) is 0 Å². The zero-order valence-electron chi connectivity index (χ0n) is 17.8. The summed E-state index contributed by atoms with van der Waals surface area (Å²) in [5.41, 5.74) is 6.14. The summed E-state index contributed by atoms with van der Waals surface area (Å²) in [5, 5.41) is 44.7. The Labute approximate surface area is 184 Å². The zero-order chi connectivity index (χ0) is 24.4. The number of hydrogen-bond acceptors (Lipinski definition) is 8. The fraction of sp³-hybridized carbons (Fsp3) is 0.500. The fourth-order valence-corrected chi connectivity index (χ4v) is 2.65. The molecule has 6 unspecified atom stereocenters. The topological polar surface area (TPSA) is 211 Å². The highest BCUT2D eigenvalue weighted by Gasteiger charge is 2.32. The third-order valence-electron chi connectivity index (χ3n) is 4.60. The summed E-state index contributed by atoms with van der Waals surface area (Å²) in [6.07, 6.45) is -2.66. The van der Waals surface area contributed by atoms with Crippen molar-refractivity contribution in [2.24, 2.45) is 5.73 Å². The predicted molar refractivity (Wildman–Crippen MR) is 112 cm³/mol. The number of aliphatic hydroxyl groups excluding tert-OH is 3. The Morgan fingerprint density at radius 2 is 1.44 bits per heavy atom. The number of amides is 3. The number of benzene rings is 1. The average molecular weight is 454 g/mol. The van der Waals surface area contributed by atoms with Gasteiger partial charge in [-0.25, -0.2) is 4.79 Å². The molecule has 0 aliphatic rings. The number of nitrogens with two attached hydrogens (primary N) is 1. The molecule has 0 aromatic heterocycles. The number of nitrogens with one attached hydrogen (secondary N) is 3. The van der Waals surface area contributed by atoms with Crippen LogP contribution in [0.15, 0.2) is 30.3 Å². The molecule has 0 spiro atoms. The number of carbonyl (C=O) groups is 4. The number of aliphatic hydroxyl groups is 3. The van der Waals surface area contributed by atoms with Crippen molar-refractivity contribution < 1.29 is 39.6 Å². The molecule has 0 heterocycles. The van der Waals surface area contributed by atoms with Crippen LogP contribution in [-0.4, -0.2) is 87.1 Å². The molecule has 0 fully saturated rings. The molecule has 32 heavy (non-hydrogen) atoms. The summed E-state index contributed by atoms with van der Waals surface area (Å²) in [5.74, 6) is -4.22. The molecule has 0 bridgehead atoms. The van der Waals surface area contributed by atoms with Gasteiger partial charge in [0.25, 0.3) is 0 Å².